The molecule has 1 amide bonds. The smallest absolute Gasteiger partial charge is 0.278 e. The number of aromatic nitrogens is 5. The Kier molecular flexibility index (Phi) is 5.04. The highest BCUT2D eigenvalue weighted by Crippen LogP contribution is 2.28. The van der Waals surface area contributed by atoms with E-state index in [4.69, 9.17) is 4.63 Å². The van der Waals surface area contributed by atoms with Crippen molar-refractivity contribution in [1.29, 1.82) is 0 Å². The van der Waals surface area contributed by atoms with Crippen LogP contribution in [0.15, 0.2) is 69.4 Å². The van der Waals surface area contributed by atoms with Gasteiger partial charge < -0.3 is 5.32 Å². The first kappa shape index (κ1) is 19.8. The van der Waals surface area contributed by atoms with Gasteiger partial charge in [0, 0.05) is 16.5 Å². The van der Waals surface area contributed by atoms with Crippen LogP contribution in [0.3, 0.4) is 0 Å². The Morgan fingerprint density at radius 3 is 2.56 bits per heavy atom. The van der Waals surface area contributed by atoms with Crippen molar-refractivity contribution in [2.24, 2.45) is 0 Å². The molecule has 9 nitrogen and oxygen atoms in total. The van der Waals surface area contributed by atoms with E-state index in [0.29, 0.717) is 21.5 Å². The molecule has 0 saturated carbocycles. The van der Waals surface area contributed by atoms with Crippen molar-refractivity contribution in [3.8, 4) is 10.7 Å². The Bertz CT molecular complexity index is 1490. The second-order valence-corrected chi connectivity index (χ2v) is 7.91. The van der Waals surface area contributed by atoms with Crippen molar-refractivity contribution in [1.82, 2.24) is 25.1 Å². The first-order valence-electron chi connectivity index (χ1n) is 9.70. The minimum Gasteiger partial charge on any atom is -0.300 e. The normalized spacial score (nSPS) is 11.0. The zero-order chi connectivity index (χ0) is 22.1. The van der Waals surface area contributed by atoms with Gasteiger partial charge in [-0.1, -0.05) is 48.5 Å². The number of carbonyl (C=O) groups is 1. The van der Waals surface area contributed by atoms with Gasteiger partial charge in [-0.3, -0.25) is 9.59 Å². The first-order chi connectivity index (χ1) is 15.6. The van der Waals surface area contributed by atoms with Crippen LogP contribution in [0.2, 0.25) is 0 Å². The van der Waals surface area contributed by atoms with Gasteiger partial charge >= 0.3 is 0 Å². The Labute approximate surface area is 185 Å². The number of hydrogen-bond acceptors (Lipinski definition) is 8. The highest BCUT2D eigenvalue weighted by molar-refractivity contribution is 7.13. The first-order valence-corrected chi connectivity index (χ1v) is 10.6. The summed E-state index contributed by atoms with van der Waals surface area (Å²) in [7, 11) is 0. The minimum atomic E-state index is -0.534. The van der Waals surface area contributed by atoms with Crippen LogP contribution >= 0.6 is 11.3 Å². The summed E-state index contributed by atoms with van der Waals surface area (Å²) < 4.78 is 6.12. The van der Waals surface area contributed by atoms with Crippen molar-refractivity contribution in [3.05, 3.63) is 87.3 Å². The summed E-state index contributed by atoms with van der Waals surface area (Å²) in [5.74, 6) is -0.399. The summed E-state index contributed by atoms with van der Waals surface area (Å²) in [4.78, 5) is 30.6. The Hall–Kier alpha value is -4.18. The third kappa shape index (κ3) is 3.67. The molecule has 158 valence electrons. The predicted octanol–water partition coefficient (Wildman–Crippen LogP) is 3.51. The van der Waals surface area contributed by atoms with Crippen LogP contribution in [0, 0.1) is 6.92 Å². The highest BCUT2D eigenvalue weighted by Gasteiger charge is 2.22. The molecule has 0 atom stereocenters. The van der Waals surface area contributed by atoms with Gasteiger partial charge in [-0.05, 0) is 28.9 Å². The van der Waals surface area contributed by atoms with Crippen molar-refractivity contribution >= 4 is 33.8 Å². The fourth-order valence-electron chi connectivity index (χ4n) is 3.31. The second kappa shape index (κ2) is 8.16. The topological polar surface area (TPSA) is 116 Å². The van der Waals surface area contributed by atoms with E-state index in [1.165, 1.54) is 16.0 Å². The molecule has 0 aliphatic rings. The van der Waals surface area contributed by atoms with Crippen molar-refractivity contribution in [2.75, 3.05) is 5.32 Å². The third-order valence-corrected chi connectivity index (χ3v) is 5.77. The number of anilines is 1. The quantitative estimate of drug-likeness (QED) is 0.441. The monoisotopic (exact) mass is 444 g/mol. The summed E-state index contributed by atoms with van der Waals surface area (Å²) in [6, 6.07) is 16.3. The van der Waals surface area contributed by atoms with Gasteiger partial charge in [0.05, 0.1) is 11.9 Å². The number of aryl methyl sites for hydroxylation is 1. The molecular weight excluding hydrogens is 428 g/mol. The molecule has 5 rings (SSSR count). The van der Waals surface area contributed by atoms with Gasteiger partial charge in [-0.25, -0.2) is 14.3 Å². The van der Waals surface area contributed by atoms with Gasteiger partial charge in [0.1, 0.15) is 5.01 Å². The SMILES string of the molecule is Cc1csc(-c2nonc2NC(=O)c2nn(Cc3ccccc3)c(=O)c3ccccc23)n1. The number of amides is 1. The van der Waals surface area contributed by atoms with Crippen molar-refractivity contribution in [2.45, 2.75) is 13.5 Å². The van der Waals surface area contributed by atoms with Crippen LogP contribution in [0.25, 0.3) is 21.5 Å². The summed E-state index contributed by atoms with van der Waals surface area (Å²) in [6.07, 6.45) is 0. The molecule has 0 spiro atoms. The summed E-state index contributed by atoms with van der Waals surface area (Å²) >= 11 is 1.37. The van der Waals surface area contributed by atoms with Crippen LogP contribution in [-0.4, -0.2) is 31.0 Å². The highest BCUT2D eigenvalue weighted by atomic mass is 32.1. The van der Waals surface area contributed by atoms with Gasteiger partial charge in [-0.2, -0.15) is 5.10 Å². The molecule has 0 aliphatic heterocycles. The number of thiazole rings is 1. The summed E-state index contributed by atoms with van der Waals surface area (Å²) in [6.45, 7) is 2.09. The van der Waals surface area contributed by atoms with Crippen molar-refractivity contribution in [3.63, 3.8) is 0 Å². The Morgan fingerprint density at radius 1 is 1.06 bits per heavy atom. The van der Waals surface area contributed by atoms with E-state index in [9.17, 15) is 9.59 Å². The maximum absolute atomic E-state index is 13.2. The Morgan fingerprint density at radius 2 is 1.81 bits per heavy atom. The fraction of sp³-hybridized carbons (Fsp3) is 0.0909. The summed E-state index contributed by atoms with van der Waals surface area (Å²) in [5, 5.41) is 18.0. The third-order valence-electron chi connectivity index (χ3n) is 4.80. The largest absolute Gasteiger partial charge is 0.300 e. The maximum atomic E-state index is 13.2. The number of nitrogens with one attached hydrogen (secondary N) is 1. The lowest BCUT2D eigenvalue weighted by atomic mass is 10.1. The van der Waals surface area contributed by atoms with Crippen LogP contribution < -0.4 is 10.9 Å². The molecule has 0 unspecified atom stereocenters. The zero-order valence-corrected chi connectivity index (χ0v) is 17.7. The number of fused-ring (bicyclic) bond motifs is 1. The fourth-order valence-corrected chi connectivity index (χ4v) is 4.08. The van der Waals surface area contributed by atoms with Gasteiger partial charge in [0.25, 0.3) is 11.5 Å². The standard InChI is InChI=1S/C22H16N6O3S/c1-13-12-32-21(23-13)18-19(27-31-26-18)24-20(29)17-15-9-5-6-10-16(15)22(30)28(25-17)11-14-7-3-2-4-8-14/h2-10,12H,11H2,1H3,(H,24,27,29). The van der Waals surface area contributed by atoms with E-state index in [2.05, 4.69) is 25.7 Å². The summed E-state index contributed by atoms with van der Waals surface area (Å²) in [5.41, 5.74) is 1.87. The van der Waals surface area contributed by atoms with E-state index < -0.39 is 5.91 Å². The van der Waals surface area contributed by atoms with Crippen LogP contribution in [0.1, 0.15) is 21.7 Å². The second-order valence-electron chi connectivity index (χ2n) is 7.05. The molecule has 5 aromatic rings. The number of hydrogen-bond donors (Lipinski definition) is 1. The maximum Gasteiger partial charge on any atom is 0.278 e. The van der Waals surface area contributed by atoms with Crippen LogP contribution in [0.4, 0.5) is 5.82 Å². The number of benzene rings is 2. The zero-order valence-electron chi connectivity index (χ0n) is 16.8. The Balaban J connectivity index is 1.55. The number of carbonyl (C=O) groups excluding carboxylic acids is 1. The van der Waals surface area contributed by atoms with E-state index in [0.717, 1.165) is 11.3 Å². The molecule has 3 aromatic heterocycles. The van der Waals surface area contributed by atoms with Crippen LogP contribution in [0.5, 0.6) is 0 Å². The molecule has 0 aliphatic carbocycles. The molecule has 0 bridgehead atoms. The molecule has 2 aromatic carbocycles. The predicted molar refractivity (Wildman–Crippen MR) is 120 cm³/mol. The molecule has 0 radical (unpaired) electrons. The molecule has 10 heteroatoms. The molecule has 32 heavy (non-hydrogen) atoms. The van der Waals surface area contributed by atoms with Gasteiger partial charge in [0.15, 0.2) is 11.4 Å². The average molecular weight is 444 g/mol. The van der Waals surface area contributed by atoms with Crippen molar-refractivity contribution < 1.29 is 9.42 Å². The lowest BCUT2D eigenvalue weighted by Gasteiger charge is -2.11. The molecule has 1 N–H and O–H groups in total. The molecule has 3 heterocycles. The van der Waals surface area contributed by atoms with E-state index in [-0.39, 0.29) is 23.6 Å². The average Bonchev–Trinajstić information content (AvgIpc) is 3.45. The van der Waals surface area contributed by atoms with E-state index in [1.807, 2.05) is 42.6 Å². The minimum absolute atomic E-state index is 0.0976. The molecular formula is C22H16N6O3S. The molecule has 0 saturated heterocycles. The van der Waals surface area contributed by atoms with Crippen LogP contribution in [-0.2, 0) is 6.54 Å². The van der Waals surface area contributed by atoms with E-state index >= 15 is 0 Å². The number of nitrogens with zero attached hydrogens (tertiary/aromatic N) is 5. The lowest BCUT2D eigenvalue weighted by Crippen LogP contribution is -2.28. The number of rotatable bonds is 5. The van der Waals surface area contributed by atoms with E-state index in [1.54, 1.807) is 24.3 Å². The van der Waals surface area contributed by atoms with Gasteiger partial charge in [-0.15, -0.1) is 11.3 Å². The molecule has 0 fully saturated rings. The van der Waals surface area contributed by atoms with Gasteiger partial charge in [0.2, 0.25) is 5.82 Å². The lowest BCUT2D eigenvalue weighted by molar-refractivity contribution is 0.102.